The molecule has 0 radical (unpaired) electrons. The molecule has 0 saturated carbocycles. The van der Waals surface area contributed by atoms with E-state index in [2.05, 4.69) is 5.32 Å². The molecule has 6 heteroatoms. The highest BCUT2D eigenvalue weighted by molar-refractivity contribution is 6.31. The van der Waals surface area contributed by atoms with Gasteiger partial charge in [0, 0.05) is 12.1 Å². The smallest absolute Gasteiger partial charge is 0.226 e. The molecule has 1 amide bonds. The molecule has 0 aliphatic heterocycles. The molecule has 0 aliphatic carbocycles. The van der Waals surface area contributed by atoms with Crippen LogP contribution in [0.25, 0.3) is 0 Å². The fraction of sp³-hybridized carbons (Fsp3) is 0.417. The van der Waals surface area contributed by atoms with E-state index in [-0.39, 0.29) is 12.3 Å². The second-order valence-electron chi connectivity index (χ2n) is 3.63. The molecule has 1 aromatic rings. The van der Waals surface area contributed by atoms with Crippen molar-refractivity contribution in [3.8, 4) is 0 Å². The van der Waals surface area contributed by atoms with Gasteiger partial charge < -0.3 is 20.5 Å². The zero-order valence-corrected chi connectivity index (χ0v) is 11.0. The maximum atomic E-state index is 11.6. The van der Waals surface area contributed by atoms with Gasteiger partial charge in [0.05, 0.1) is 37.6 Å². The normalized spacial score (nSPS) is 10.3. The number of carbonyl (C=O) groups excluding carboxylic acids is 1. The van der Waals surface area contributed by atoms with Crippen LogP contribution in [-0.4, -0.2) is 32.8 Å². The lowest BCUT2D eigenvalue weighted by Crippen LogP contribution is -2.16. The fourth-order valence-corrected chi connectivity index (χ4v) is 1.45. The Morgan fingerprint density at radius 2 is 2.17 bits per heavy atom. The molecule has 5 nitrogen and oxygen atoms in total. The van der Waals surface area contributed by atoms with E-state index >= 15 is 0 Å². The standard InChI is InChI=1S/C12H17ClN2O3/c1-17-6-7-18-5-4-12(16)15-11-3-2-9(13)8-10(11)14/h2-3,8H,4-7,14H2,1H3,(H,15,16). The maximum absolute atomic E-state index is 11.6. The third kappa shape index (κ3) is 5.35. The van der Waals surface area contributed by atoms with Crippen molar-refractivity contribution in [1.29, 1.82) is 0 Å². The number of nitrogens with one attached hydrogen (secondary N) is 1. The molecule has 100 valence electrons. The topological polar surface area (TPSA) is 73.6 Å². The van der Waals surface area contributed by atoms with E-state index in [4.69, 9.17) is 26.8 Å². The third-order valence-electron chi connectivity index (χ3n) is 2.19. The van der Waals surface area contributed by atoms with Crippen molar-refractivity contribution in [2.45, 2.75) is 6.42 Å². The molecule has 1 rings (SSSR count). The molecule has 0 aromatic heterocycles. The monoisotopic (exact) mass is 272 g/mol. The van der Waals surface area contributed by atoms with Crippen LogP contribution in [0, 0.1) is 0 Å². The Hall–Kier alpha value is -1.30. The van der Waals surface area contributed by atoms with Crippen molar-refractivity contribution in [1.82, 2.24) is 0 Å². The highest BCUT2D eigenvalue weighted by atomic mass is 35.5. The lowest BCUT2D eigenvalue weighted by atomic mass is 10.2. The molecule has 0 fully saturated rings. The van der Waals surface area contributed by atoms with Gasteiger partial charge in [-0.25, -0.2) is 0 Å². The Bertz CT molecular complexity index is 399. The third-order valence-corrected chi connectivity index (χ3v) is 2.43. The summed E-state index contributed by atoms with van der Waals surface area (Å²) in [5.41, 5.74) is 6.71. The van der Waals surface area contributed by atoms with Crippen LogP contribution in [0.2, 0.25) is 5.02 Å². The minimum absolute atomic E-state index is 0.151. The molecule has 1 aromatic carbocycles. The summed E-state index contributed by atoms with van der Waals surface area (Å²) >= 11 is 5.76. The first-order valence-electron chi connectivity index (χ1n) is 5.55. The average Bonchev–Trinajstić information content (AvgIpc) is 2.32. The van der Waals surface area contributed by atoms with Crippen LogP contribution in [0.4, 0.5) is 11.4 Å². The minimum atomic E-state index is -0.151. The van der Waals surface area contributed by atoms with Gasteiger partial charge in [0.1, 0.15) is 0 Å². The minimum Gasteiger partial charge on any atom is -0.397 e. The maximum Gasteiger partial charge on any atom is 0.226 e. The van der Waals surface area contributed by atoms with Gasteiger partial charge in [0.15, 0.2) is 0 Å². The number of benzene rings is 1. The number of methoxy groups -OCH3 is 1. The summed E-state index contributed by atoms with van der Waals surface area (Å²) in [6.07, 6.45) is 0.270. The number of ether oxygens (including phenoxy) is 2. The largest absolute Gasteiger partial charge is 0.397 e. The highest BCUT2D eigenvalue weighted by Gasteiger charge is 2.05. The van der Waals surface area contributed by atoms with Crippen molar-refractivity contribution >= 4 is 28.9 Å². The van der Waals surface area contributed by atoms with Gasteiger partial charge in [-0.2, -0.15) is 0 Å². The Morgan fingerprint density at radius 3 is 2.83 bits per heavy atom. The van der Waals surface area contributed by atoms with Crippen LogP contribution in [0.1, 0.15) is 6.42 Å². The molecule has 18 heavy (non-hydrogen) atoms. The highest BCUT2D eigenvalue weighted by Crippen LogP contribution is 2.22. The van der Waals surface area contributed by atoms with E-state index in [0.717, 1.165) is 0 Å². The first-order valence-corrected chi connectivity index (χ1v) is 5.93. The van der Waals surface area contributed by atoms with E-state index in [1.165, 1.54) is 0 Å². The molecule has 3 N–H and O–H groups in total. The lowest BCUT2D eigenvalue weighted by Gasteiger charge is -2.08. The number of amides is 1. The molecule has 0 bridgehead atoms. The van der Waals surface area contributed by atoms with Crippen LogP contribution in [0.15, 0.2) is 18.2 Å². The lowest BCUT2D eigenvalue weighted by molar-refractivity contribution is -0.117. The number of nitrogen functional groups attached to an aromatic ring is 1. The van der Waals surface area contributed by atoms with Crippen LogP contribution < -0.4 is 11.1 Å². The van der Waals surface area contributed by atoms with Crippen LogP contribution in [0.3, 0.4) is 0 Å². The summed E-state index contributed by atoms with van der Waals surface area (Å²) in [6, 6.07) is 4.93. The van der Waals surface area contributed by atoms with Crippen LogP contribution in [-0.2, 0) is 14.3 Å². The van der Waals surface area contributed by atoms with E-state index < -0.39 is 0 Å². The summed E-state index contributed by atoms with van der Waals surface area (Å²) in [5.74, 6) is -0.151. The van der Waals surface area contributed by atoms with Crippen LogP contribution in [0.5, 0.6) is 0 Å². The number of anilines is 2. The molecule has 0 saturated heterocycles. The van der Waals surface area contributed by atoms with Crippen molar-refractivity contribution in [3.05, 3.63) is 23.2 Å². The van der Waals surface area contributed by atoms with E-state index in [1.54, 1.807) is 25.3 Å². The van der Waals surface area contributed by atoms with Crippen molar-refractivity contribution < 1.29 is 14.3 Å². The SMILES string of the molecule is COCCOCCC(=O)Nc1ccc(Cl)cc1N. The van der Waals surface area contributed by atoms with Gasteiger partial charge in [0.25, 0.3) is 0 Å². The van der Waals surface area contributed by atoms with Gasteiger partial charge in [0.2, 0.25) is 5.91 Å². The predicted octanol–water partition coefficient (Wildman–Crippen LogP) is 1.91. The number of carbonyl (C=O) groups is 1. The van der Waals surface area contributed by atoms with Gasteiger partial charge in [-0.3, -0.25) is 4.79 Å². The summed E-state index contributed by atoms with van der Waals surface area (Å²) in [4.78, 5) is 11.6. The summed E-state index contributed by atoms with van der Waals surface area (Å²) < 4.78 is 10.0. The van der Waals surface area contributed by atoms with E-state index in [9.17, 15) is 4.79 Å². The molecular formula is C12H17ClN2O3. The average molecular weight is 273 g/mol. The number of nitrogens with two attached hydrogens (primary N) is 1. The predicted molar refractivity (Wildman–Crippen MR) is 71.8 cm³/mol. The quantitative estimate of drug-likeness (QED) is 0.587. The molecule has 0 spiro atoms. The molecule has 0 aliphatic rings. The zero-order chi connectivity index (χ0) is 13.4. The number of halogens is 1. The summed E-state index contributed by atoms with van der Waals surface area (Å²) in [6.45, 7) is 1.35. The number of hydrogen-bond acceptors (Lipinski definition) is 4. The Balaban J connectivity index is 2.31. The van der Waals surface area contributed by atoms with E-state index in [1.807, 2.05) is 0 Å². The fourth-order valence-electron chi connectivity index (χ4n) is 1.27. The zero-order valence-electron chi connectivity index (χ0n) is 10.2. The van der Waals surface area contributed by atoms with Gasteiger partial charge in [-0.1, -0.05) is 11.6 Å². The Kier molecular flexibility index (Phi) is 6.49. The van der Waals surface area contributed by atoms with Gasteiger partial charge >= 0.3 is 0 Å². The number of hydrogen-bond donors (Lipinski definition) is 2. The van der Waals surface area contributed by atoms with Gasteiger partial charge in [-0.15, -0.1) is 0 Å². The second-order valence-corrected chi connectivity index (χ2v) is 4.07. The van der Waals surface area contributed by atoms with Gasteiger partial charge in [-0.05, 0) is 18.2 Å². The Labute approximate surface area is 111 Å². The van der Waals surface area contributed by atoms with Crippen molar-refractivity contribution in [3.63, 3.8) is 0 Å². The van der Waals surface area contributed by atoms with E-state index in [0.29, 0.717) is 36.2 Å². The van der Waals surface area contributed by atoms with Crippen molar-refractivity contribution in [2.24, 2.45) is 0 Å². The molecule has 0 unspecified atom stereocenters. The van der Waals surface area contributed by atoms with Crippen LogP contribution >= 0.6 is 11.6 Å². The first-order chi connectivity index (χ1) is 8.63. The summed E-state index contributed by atoms with van der Waals surface area (Å²) in [7, 11) is 1.60. The molecule has 0 heterocycles. The summed E-state index contributed by atoms with van der Waals surface area (Å²) in [5, 5.41) is 3.23. The van der Waals surface area contributed by atoms with Crippen molar-refractivity contribution in [2.75, 3.05) is 38.0 Å². The first kappa shape index (κ1) is 14.8. The Morgan fingerprint density at radius 1 is 1.39 bits per heavy atom. The molecule has 0 atom stereocenters. The second kappa shape index (κ2) is 7.92. The number of rotatable bonds is 7. The molecular weight excluding hydrogens is 256 g/mol.